The van der Waals surface area contributed by atoms with Gasteiger partial charge in [-0.1, -0.05) is 11.8 Å². The molecule has 0 saturated carbocycles. The first-order valence-corrected chi connectivity index (χ1v) is 8.90. The molecule has 94 valence electrons. The van der Waals surface area contributed by atoms with E-state index in [-0.39, 0.29) is 18.9 Å². The Bertz CT molecular complexity index is 544. The lowest BCUT2D eigenvalue weighted by atomic mass is 10.4. The van der Waals surface area contributed by atoms with Crippen LogP contribution in [0.4, 0.5) is 5.13 Å². The average molecular weight is 314 g/mol. The van der Waals surface area contributed by atoms with Crippen LogP contribution in [0.1, 0.15) is 6.42 Å². The molecule has 6 nitrogen and oxygen atoms in total. The lowest BCUT2D eigenvalue weighted by molar-refractivity contribution is -0.117. The molecule has 17 heavy (non-hydrogen) atoms. The molecule has 0 N–H and O–H groups in total. The van der Waals surface area contributed by atoms with Crippen molar-refractivity contribution in [2.75, 3.05) is 17.7 Å². The maximum atomic E-state index is 11.7. The highest BCUT2D eigenvalue weighted by Gasteiger charge is 2.39. The Morgan fingerprint density at radius 3 is 2.76 bits per heavy atom. The summed E-state index contributed by atoms with van der Waals surface area (Å²) in [6.07, 6.45) is 1.73. The van der Waals surface area contributed by atoms with Gasteiger partial charge in [-0.2, -0.15) is 9.36 Å². The highest BCUT2D eigenvalue weighted by Crippen LogP contribution is 2.29. The number of carbonyl (C=O) groups is 1. The molecule has 1 aromatic heterocycles. The second-order valence-corrected chi connectivity index (χ2v) is 7.78. The fraction of sp³-hybridized carbons (Fsp3) is 0.571. The number of hydrogen-bond donors (Lipinski definition) is 0. The summed E-state index contributed by atoms with van der Waals surface area (Å²) in [5.74, 6) is -0.289. The first-order chi connectivity index (χ1) is 7.91. The van der Waals surface area contributed by atoms with E-state index in [9.17, 15) is 13.2 Å². The van der Waals surface area contributed by atoms with Crippen LogP contribution in [0.25, 0.3) is 0 Å². The van der Waals surface area contributed by atoms with Gasteiger partial charge < -0.3 is 0 Å². The van der Waals surface area contributed by atoms with Gasteiger partial charge in [0.25, 0.3) is 0 Å². The van der Waals surface area contributed by atoms with Crippen molar-refractivity contribution in [2.45, 2.75) is 16.8 Å². The van der Waals surface area contributed by atoms with E-state index in [1.165, 1.54) is 16.7 Å². The summed E-state index contributed by atoms with van der Waals surface area (Å²) in [6, 6.07) is 0. The summed E-state index contributed by atoms with van der Waals surface area (Å²) in [5.41, 5.74) is 0. The van der Waals surface area contributed by atoms with E-state index in [1.807, 2.05) is 6.26 Å². The summed E-state index contributed by atoms with van der Waals surface area (Å²) in [7, 11) is 1.53. The van der Waals surface area contributed by atoms with Crippen LogP contribution in [0.3, 0.4) is 0 Å². The Morgan fingerprint density at radius 1 is 1.59 bits per heavy atom. The Kier molecular flexibility index (Phi) is 3.62. The molecule has 1 atom stereocenters. The molecule has 0 spiro atoms. The molecule has 1 aliphatic heterocycles. The predicted molar refractivity (Wildman–Crippen MR) is 67.2 cm³/mol. The normalized spacial score (nSPS) is 21.2. The summed E-state index contributed by atoms with van der Waals surface area (Å²) in [4.78, 5) is 17.1. The second-order valence-electron chi connectivity index (χ2n) is 3.37. The van der Waals surface area contributed by atoms with Gasteiger partial charge in [0, 0.05) is 35.2 Å². The van der Waals surface area contributed by atoms with Gasteiger partial charge in [-0.05, 0) is 6.26 Å². The van der Waals surface area contributed by atoms with E-state index >= 15 is 0 Å². The maximum absolute atomic E-state index is 11.7. The van der Waals surface area contributed by atoms with E-state index in [2.05, 4.69) is 9.36 Å². The van der Waals surface area contributed by atoms with Gasteiger partial charge in [0.1, 0.15) is 5.25 Å². The highest BCUT2D eigenvalue weighted by molar-refractivity contribution is 8.14. The largest absolute Gasteiger partial charge is 0.285 e. The number of carbonyl (C=O) groups excluding carboxylic acids is 1. The van der Waals surface area contributed by atoms with Crippen molar-refractivity contribution in [3.63, 3.8) is 0 Å². The SMILES string of the molecule is CSc1nsc(N2CC(S(=O)(=O)Cl)CC2=O)n1. The van der Waals surface area contributed by atoms with Gasteiger partial charge in [-0.15, -0.1) is 0 Å². The van der Waals surface area contributed by atoms with Crippen LogP contribution < -0.4 is 4.90 Å². The minimum atomic E-state index is -3.71. The molecule has 0 aromatic carbocycles. The smallest absolute Gasteiger partial charge is 0.237 e. The number of anilines is 1. The van der Waals surface area contributed by atoms with E-state index in [1.54, 1.807) is 0 Å². The van der Waals surface area contributed by atoms with Crippen LogP contribution in [0.2, 0.25) is 0 Å². The quantitative estimate of drug-likeness (QED) is 0.610. The van der Waals surface area contributed by atoms with Crippen molar-refractivity contribution in [1.82, 2.24) is 9.36 Å². The monoisotopic (exact) mass is 313 g/mol. The Labute approximate surface area is 111 Å². The second kappa shape index (κ2) is 4.71. The molecular formula is C7H8ClN3O3S3. The average Bonchev–Trinajstić information content (AvgIpc) is 2.82. The minimum absolute atomic E-state index is 0.0493. The lowest BCUT2D eigenvalue weighted by Crippen LogP contribution is -2.26. The van der Waals surface area contributed by atoms with Gasteiger partial charge >= 0.3 is 0 Å². The van der Waals surface area contributed by atoms with Crippen molar-refractivity contribution in [1.29, 1.82) is 0 Å². The Balaban J connectivity index is 2.21. The van der Waals surface area contributed by atoms with E-state index in [0.717, 1.165) is 11.5 Å². The molecule has 1 aliphatic rings. The molecule has 1 amide bonds. The number of rotatable bonds is 3. The van der Waals surface area contributed by atoms with Crippen molar-refractivity contribution >= 4 is 54.1 Å². The fourth-order valence-electron chi connectivity index (χ4n) is 1.44. The van der Waals surface area contributed by atoms with Crippen LogP contribution in [-0.2, 0) is 13.8 Å². The number of halogens is 1. The van der Waals surface area contributed by atoms with Crippen molar-refractivity contribution in [2.24, 2.45) is 0 Å². The zero-order valence-electron chi connectivity index (χ0n) is 8.66. The van der Waals surface area contributed by atoms with Gasteiger partial charge in [-0.25, -0.2) is 8.42 Å². The number of nitrogens with zero attached hydrogens (tertiary/aromatic N) is 3. The summed E-state index contributed by atoms with van der Waals surface area (Å²) in [5, 5.41) is 0.121. The zero-order valence-corrected chi connectivity index (χ0v) is 11.9. The van der Waals surface area contributed by atoms with Gasteiger partial charge in [0.15, 0.2) is 0 Å². The molecule has 1 aromatic rings. The van der Waals surface area contributed by atoms with E-state index < -0.39 is 14.3 Å². The molecule has 2 heterocycles. The molecule has 2 rings (SSSR count). The Hall–Kier alpha value is -0.380. The van der Waals surface area contributed by atoms with E-state index in [0.29, 0.717) is 10.3 Å². The summed E-state index contributed by atoms with van der Waals surface area (Å²) >= 11 is 2.43. The first kappa shape index (κ1) is 13.1. The van der Waals surface area contributed by atoms with Crippen LogP contribution in [-0.4, -0.2) is 41.7 Å². The third-order valence-electron chi connectivity index (χ3n) is 2.30. The van der Waals surface area contributed by atoms with Gasteiger partial charge in [-0.3, -0.25) is 9.69 Å². The molecule has 1 unspecified atom stereocenters. The third kappa shape index (κ3) is 2.72. The van der Waals surface area contributed by atoms with Crippen molar-refractivity contribution in [3.8, 4) is 0 Å². The molecule has 1 fully saturated rings. The molecule has 10 heteroatoms. The Morgan fingerprint density at radius 2 is 2.29 bits per heavy atom. The molecular weight excluding hydrogens is 306 g/mol. The van der Waals surface area contributed by atoms with Gasteiger partial charge in [0.2, 0.25) is 25.2 Å². The van der Waals surface area contributed by atoms with E-state index in [4.69, 9.17) is 10.7 Å². The third-order valence-corrected chi connectivity index (χ3v) is 5.57. The van der Waals surface area contributed by atoms with Gasteiger partial charge in [0.05, 0.1) is 0 Å². The lowest BCUT2D eigenvalue weighted by Gasteiger charge is -2.10. The number of thioether (sulfide) groups is 1. The topological polar surface area (TPSA) is 80.2 Å². The predicted octanol–water partition coefficient (Wildman–Crippen LogP) is 0.934. The van der Waals surface area contributed by atoms with Crippen LogP contribution in [0.15, 0.2) is 5.16 Å². The minimum Gasteiger partial charge on any atom is -0.285 e. The first-order valence-electron chi connectivity index (χ1n) is 4.53. The molecule has 0 bridgehead atoms. The standard InChI is InChI=1S/C7H8ClN3O3S3/c1-15-6-9-7(16-10-6)11-3-4(2-5(11)12)17(8,13)14/h4H,2-3H2,1H3. The fourth-order valence-corrected chi connectivity index (χ4v) is 3.72. The zero-order chi connectivity index (χ0) is 12.6. The number of hydrogen-bond acceptors (Lipinski definition) is 7. The summed E-state index contributed by atoms with van der Waals surface area (Å²) < 4.78 is 26.4. The van der Waals surface area contributed by atoms with Crippen molar-refractivity contribution in [3.05, 3.63) is 0 Å². The summed E-state index contributed by atoms with van der Waals surface area (Å²) in [6.45, 7) is 0.0493. The molecule has 0 aliphatic carbocycles. The van der Waals surface area contributed by atoms with Crippen molar-refractivity contribution < 1.29 is 13.2 Å². The van der Waals surface area contributed by atoms with Crippen LogP contribution in [0.5, 0.6) is 0 Å². The maximum Gasteiger partial charge on any atom is 0.237 e. The highest BCUT2D eigenvalue weighted by atomic mass is 35.7. The molecule has 1 saturated heterocycles. The molecule has 0 radical (unpaired) electrons. The van der Waals surface area contributed by atoms with Crippen LogP contribution >= 0.6 is 34.0 Å². The number of amides is 1. The number of aromatic nitrogens is 2. The van der Waals surface area contributed by atoms with Crippen LogP contribution in [0, 0.1) is 0 Å².